The summed E-state index contributed by atoms with van der Waals surface area (Å²) in [6.45, 7) is 1.21. The number of nitrogens with zero attached hydrogens (tertiary/aromatic N) is 2. The molecule has 1 N–H and O–H groups in total. The van der Waals surface area contributed by atoms with E-state index in [-0.39, 0.29) is 25.5 Å². The van der Waals surface area contributed by atoms with Gasteiger partial charge in [-0.25, -0.2) is 0 Å². The van der Waals surface area contributed by atoms with E-state index in [4.69, 9.17) is 11.5 Å². The molecule has 110 valence electrons. The van der Waals surface area contributed by atoms with E-state index >= 15 is 0 Å². The minimum atomic E-state index is -0.984. The maximum Gasteiger partial charge on any atom is 0.317 e. The molecule has 1 aliphatic rings. The number of amides is 1. The average molecular weight is 286 g/mol. The lowest BCUT2D eigenvalue weighted by atomic mass is 10.00. The number of fused-ring (bicyclic) bond motifs is 1. The van der Waals surface area contributed by atoms with E-state index in [1.54, 1.807) is 4.90 Å². The molecular weight excluding hydrogens is 268 g/mol. The molecule has 0 aliphatic carbocycles. The van der Waals surface area contributed by atoms with Gasteiger partial charge in [-0.2, -0.15) is 0 Å². The van der Waals surface area contributed by atoms with Gasteiger partial charge < -0.3 is 10.0 Å². The van der Waals surface area contributed by atoms with Crippen molar-refractivity contribution in [3.8, 4) is 12.3 Å². The Labute approximate surface area is 124 Å². The van der Waals surface area contributed by atoms with E-state index in [1.165, 1.54) is 10.5 Å². The molecule has 1 amide bonds. The third-order valence-electron chi connectivity index (χ3n) is 3.52. The first-order chi connectivity index (χ1) is 10.1. The molecule has 0 aromatic heterocycles. The van der Waals surface area contributed by atoms with Crippen LogP contribution in [0.2, 0.25) is 0 Å². The molecule has 0 spiro atoms. The van der Waals surface area contributed by atoms with Crippen molar-refractivity contribution in [2.75, 3.05) is 26.2 Å². The monoisotopic (exact) mass is 286 g/mol. The van der Waals surface area contributed by atoms with Crippen molar-refractivity contribution in [2.45, 2.75) is 13.0 Å². The van der Waals surface area contributed by atoms with Crippen molar-refractivity contribution in [1.29, 1.82) is 0 Å². The lowest BCUT2D eigenvalue weighted by Gasteiger charge is -2.30. The maximum absolute atomic E-state index is 12.3. The average Bonchev–Trinajstić information content (AvgIpc) is 2.46. The maximum atomic E-state index is 12.3. The molecule has 1 aromatic carbocycles. The molecule has 0 atom stereocenters. The standard InChI is InChI=1S/C16H18N2O3/c1-2-8-17(12-16(20)21)11-15(19)18-9-7-13-5-3-4-6-14(13)10-18/h1,3-6H,7-12H2,(H,20,21). The van der Waals surface area contributed by atoms with Crippen molar-refractivity contribution >= 4 is 11.9 Å². The largest absolute Gasteiger partial charge is 0.480 e. The van der Waals surface area contributed by atoms with Crippen LogP contribution in [0.25, 0.3) is 0 Å². The second-order valence-corrected chi connectivity index (χ2v) is 5.08. The van der Waals surface area contributed by atoms with E-state index in [2.05, 4.69) is 12.0 Å². The molecule has 0 radical (unpaired) electrons. The predicted octanol–water partition coefficient (Wildman–Crippen LogP) is 0.591. The van der Waals surface area contributed by atoms with Crippen molar-refractivity contribution in [3.63, 3.8) is 0 Å². The first-order valence-corrected chi connectivity index (χ1v) is 6.82. The van der Waals surface area contributed by atoms with Gasteiger partial charge in [0.05, 0.1) is 19.6 Å². The number of benzene rings is 1. The molecule has 5 heteroatoms. The highest BCUT2D eigenvalue weighted by Crippen LogP contribution is 2.18. The van der Waals surface area contributed by atoms with E-state index in [0.717, 1.165) is 12.0 Å². The van der Waals surface area contributed by atoms with Crippen LogP contribution >= 0.6 is 0 Å². The molecular formula is C16H18N2O3. The minimum absolute atomic E-state index is 0.0403. The Balaban J connectivity index is 1.97. The van der Waals surface area contributed by atoms with Crippen LogP contribution in [0.3, 0.4) is 0 Å². The second-order valence-electron chi connectivity index (χ2n) is 5.08. The fourth-order valence-corrected chi connectivity index (χ4v) is 2.49. The number of carboxylic acid groups (broad SMARTS) is 1. The lowest BCUT2D eigenvalue weighted by molar-refractivity contribution is -0.139. The Morgan fingerprint density at radius 3 is 2.67 bits per heavy atom. The summed E-state index contributed by atoms with van der Waals surface area (Å²) in [5.74, 6) is 1.32. The van der Waals surface area contributed by atoms with Crippen LogP contribution < -0.4 is 0 Å². The lowest BCUT2D eigenvalue weighted by Crippen LogP contribution is -2.44. The smallest absolute Gasteiger partial charge is 0.317 e. The Hall–Kier alpha value is -2.32. The SMILES string of the molecule is C#CCN(CC(=O)O)CC(=O)N1CCc2ccccc2C1. The molecule has 1 aromatic rings. The van der Waals surface area contributed by atoms with Gasteiger partial charge in [0, 0.05) is 13.1 Å². The number of terminal acetylenes is 1. The molecule has 0 saturated carbocycles. The summed E-state index contributed by atoms with van der Waals surface area (Å²) in [6, 6.07) is 8.05. The number of carbonyl (C=O) groups excluding carboxylic acids is 1. The zero-order valence-corrected chi connectivity index (χ0v) is 11.8. The third-order valence-corrected chi connectivity index (χ3v) is 3.52. The molecule has 0 fully saturated rings. The zero-order valence-electron chi connectivity index (χ0n) is 11.8. The Kier molecular flexibility index (Phi) is 4.96. The highest BCUT2D eigenvalue weighted by Gasteiger charge is 2.22. The summed E-state index contributed by atoms with van der Waals surface area (Å²) in [4.78, 5) is 26.3. The van der Waals surface area contributed by atoms with Crippen LogP contribution in [0, 0.1) is 12.3 Å². The predicted molar refractivity (Wildman–Crippen MR) is 78.5 cm³/mol. The van der Waals surface area contributed by atoms with Gasteiger partial charge >= 0.3 is 5.97 Å². The normalized spacial score (nSPS) is 13.6. The molecule has 0 bridgehead atoms. The van der Waals surface area contributed by atoms with E-state index in [9.17, 15) is 9.59 Å². The number of hydrogen-bond acceptors (Lipinski definition) is 3. The quantitative estimate of drug-likeness (QED) is 0.805. The Morgan fingerprint density at radius 1 is 1.29 bits per heavy atom. The minimum Gasteiger partial charge on any atom is -0.480 e. The Bertz CT molecular complexity index is 577. The molecule has 0 unspecified atom stereocenters. The van der Waals surface area contributed by atoms with Gasteiger partial charge in [-0.1, -0.05) is 30.2 Å². The Morgan fingerprint density at radius 2 is 2.00 bits per heavy atom. The topological polar surface area (TPSA) is 60.9 Å². The third kappa shape index (κ3) is 4.07. The van der Waals surface area contributed by atoms with Crippen LogP contribution in [0.1, 0.15) is 11.1 Å². The van der Waals surface area contributed by atoms with E-state index in [0.29, 0.717) is 13.1 Å². The molecule has 5 nitrogen and oxygen atoms in total. The molecule has 1 aliphatic heterocycles. The highest BCUT2D eigenvalue weighted by molar-refractivity contribution is 5.79. The molecule has 0 saturated heterocycles. The zero-order chi connectivity index (χ0) is 15.2. The first-order valence-electron chi connectivity index (χ1n) is 6.82. The highest BCUT2D eigenvalue weighted by atomic mass is 16.4. The van der Waals surface area contributed by atoms with Gasteiger partial charge in [0.1, 0.15) is 0 Å². The van der Waals surface area contributed by atoms with Crippen LogP contribution in [0.15, 0.2) is 24.3 Å². The van der Waals surface area contributed by atoms with Crippen molar-refractivity contribution in [3.05, 3.63) is 35.4 Å². The summed E-state index contributed by atoms with van der Waals surface area (Å²) in [5.41, 5.74) is 2.42. The van der Waals surface area contributed by atoms with Gasteiger partial charge in [0.15, 0.2) is 0 Å². The summed E-state index contributed by atoms with van der Waals surface area (Å²) in [5, 5.41) is 8.83. The summed E-state index contributed by atoms with van der Waals surface area (Å²) in [6.07, 6.45) is 6.04. The summed E-state index contributed by atoms with van der Waals surface area (Å²) in [7, 11) is 0. The van der Waals surface area contributed by atoms with Gasteiger partial charge in [-0.15, -0.1) is 6.42 Å². The summed E-state index contributed by atoms with van der Waals surface area (Å²) >= 11 is 0. The van der Waals surface area contributed by atoms with Gasteiger partial charge in [0.25, 0.3) is 0 Å². The first kappa shape index (κ1) is 15.1. The molecule has 2 rings (SSSR count). The van der Waals surface area contributed by atoms with Gasteiger partial charge in [0.2, 0.25) is 5.91 Å². The van der Waals surface area contributed by atoms with E-state index < -0.39 is 5.97 Å². The van der Waals surface area contributed by atoms with Crippen molar-refractivity contribution in [2.24, 2.45) is 0 Å². The number of hydrogen-bond donors (Lipinski definition) is 1. The summed E-state index contributed by atoms with van der Waals surface area (Å²) < 4.78 is 0. The van der Waals surface area contributed by atoms with Crippen LogP contribution in [-0.2, 0) is 22.6 Å². The fraction of sp³-hybridized carbons (Fsp3) is 0.375. The number of rotatable bonds is 5. The van der Waals surface area contributed by atoms with Crippen molar-refractivity contribution < 1.29 is 14.7 Å². The van der Waals surface area contributed by atoms with Crippen molar-refractivity contribution in [1.82, 2.24) is 9.80 Å². The number of carbonyl (C=O) groups is 2. The van der Waals surface area contributed by atoms with Gasteiger partial charge in [-0.05, 0) is 17.5 Å². The molecule has 1 heterocycles. The van der Waals surface area contributed by atoms with Gasteiger partial charge in [-0.3, -0.25) is 14.5 Å². The van der Waals surface area contributed by atoms with Crippen LogP contribution in [0.4, 0.5) is 0 Å². The second kappa shape index (κ2) is 6.91. The number of carboxylic acids is 1. The molecule has 21 heavy (non-hydrogen) atoms. The fourth-order valence-electron chi connectivity index (χ4n) is 2.49. The van der Waals surface area contributed by atoms with Crippen LogP contribution in [0.5, 0.6) is 0 Å². The van der Waals surface area contributed by atoms with E-state index in [1.807, 2.05) is 18.2 Å². The number of aliphatic carboxylic acids is 1. The van der Waals surface area contributed by atoms with Crippen LogP contribution in [-0.4, -0.2) is 53.0 Å².